The Balaban J connectivity index is 0.00000392. The van der Waals surface area contributed by atoms with Crippen LogP contribution in [0.4, 0.5) is 23.7 Å². The largest absolute Gasteiger partial charge is 1.00 e. The molecule has 3 atom stereocenters. The first-order chi connectivity index (χ1) is 24.8. The van der Waals surface area contributed by atoms with Gasteiger partial charge in [-0.2, -0.15) is 9.83 Å². The number of rotatable bonds is 13. The Morgan fingerprint density at radius 3 is 2.54 bits per heavy atom. The van der Waals surface area contributed by atoms with Crippen molar-refractivity contribution < 1.29 is 54.3 Å². The maximum atomic E-state index is 15.3. The van der Waals surface area contributed by atoms with E-state index in [0.717, 1.165) is 28.7 Å². The number of nitrogens with zero attached hydrogens (tertiary/aromatic N) is 6. The molecular formula is C36H36Cl2F3N7O5S. The van der Waals surface area contributed by atoms with Gasteiger partial charge in [-0.3, -0.25) is 9.69 Å². The summed E-state index contributed by atoms with van der Waals surface area (Å²) >= 11 is 1.23. The van der Waals surface area contributed by atoms with Crippen LogP contribution in [0.25, 0.3) is 11.3 Å². The molecular weight excluding hydrogens is 770 g/mol. The minimum Gasteiger partial charge on any atom is -1.00 e. The molecule has 0 radical (unpaired) electrons. The zero-order valence-electron chi connectivity index (χ0n) is 29.4. The fourth-order valence-electron chi connectivity index (χ4n) is 5.42. The van der Waals surface area contributed by atoms with E-state index in [1.165, 1.54) is 58.5 Å². The lowest BCUT2D eigenvalue weighted by molar-refractivity contribution is -0.753. The van der Waals surface area contributed by atoms with Gasteiger partial charge in [-0.1, -0.05) is 25.1 Å². The summed E-state index contributed by atoms with van der Waals surface area (Å²) in [5.41, 5.74) is -0.482. The number of nitriles is 1. The Labute approximate surface area is 325 Å². The number of halogens is 5. The highest BCUT2D eigenvalue weighted by molar-refractivity contribution is 7.10. The number of carbonyl (C=O) groups is 2. The Morgan fingerprint density at radius 2 is 1.85 bits per heavy atom. The van der Waals surface area contributed by atoms with Crippen LogP contribution >= 0.6 is 23.7 Å². The zero-order chi connectivity index (χ0) is 37.6. The Hall–Kier alpha value is -5.05. The van der Waals surface area contributed by atoms with Gasteiger partial charge in [0.25, 0.3) is 6.33 Å². The van der Waals surface area contributed by atoms with Crippen LogP contribution in [0.1, 0.15) is 47.7 Å². The summed E-state index contributed by atoms with van der Waals surface area (Å²) in [5.74, 6) is -3.75. The summed E-state index contributed by atoms with van der Waals surface area (Å²) < 4.78 is 58.0. The smallest absolute Gasteiger partial charge is 0.416 e. The van der Waals surface area contributed by atoms with Crippen molar-refractivity contribution in [3.63, 3.8) is 0 Å². The number of esters is 1. The number of ether oxygens (including phenoxy) is 2. The quantitative estimate of drug-likeness (QED) is 0.136. The molecule has 3 aromatic carbocycles. The van der Waals surface area contributed by atoms with Crippen molar-refractivity contribution in [3.05, 3.63) is 118 Å². The molecule has 0 saturated carbocycles. The van der Waals surface area contributed by atoms with Crippen LogP contribution in [0.2, 0.25) is 0 Å². The number of thiazole rings is 1. The number of carbonyl (C=O) groups excluding carboxylic acids is 2. The molecule has 54 heavy (non-hydrogen) atoms. The van der Waals surface area contributed by atoms with E-state index >= 15 is 4.39 Å². The van der Waals surface area contributed by atoms with Gasteiger partial charge in [0.1, 0.15) is 36.2 Å². The van der Waals surface area contributed by atoms with Gasteiger partial charge in [-0.05, 0) is 49.5 Å². The van der Waals surface area contributed by atoms with Crippen molar-refractivity contribution in [1.82, 2.24) is 20.1 Å². The number of aliphatic hydroxyl groups is 1. The molecule has 0 aliphatic rings. The molecule has 18 heteroatoms. The Kier molecular flexibility index (Phi) is 15.1. The molecule has 1 amide bonds. The first-order valence-corrected chi connectivity index (χ1v) is 16.8. The molecule has 0 fully saturated rings. The predicted molar refractivity (Wildman–Crippen MR) is 190 cm³/mol. The molecule has 2 aromatic heterocycles. The molecule has 0 aliphatic carbocycles. The molecule has 3 unspecified atom stereocenters. The molecule has 2 N–H and O–H groups in total. The van der Waals surface area contributed by atoms with E-state index in [-0.39, 0.29) is 54.7 Å². The molecule has 12 nitrogen and oxygen atoms in total. The third-order valence-corrected chi connectivity index (χ3v) is 9.46. The van der Waals surface area contributed by atoms with Crippen LogP contribution in [0.5, 0.6) is 0 Å². The normalized spacial score (nSPS) is 12.9. The average molecular weight is 807 g/mol. The van der Waals surface area contributed by atoms with Gasteiger partial charge in [0.2, 0.25) is 12.6 Å². The summed E-state index contributed by atoms with van der Waals surface area (Å²) in [4.78, 5) is 30.8. The second-order valence-corrected chi connectivity index (χ2v) is 12.8. The van der Waals surface area contributed by atoms with Crippen LogP contribution < -0.4 is 27.2 Å². The van der Waals surface area contributed by atoms with Crippen LogP contribution in [0.3, 0.4) is 0 Å². The van der Waals surface area contributed by atoms with Crippen molar-refractivity contribution in [3.8, 4) is 17.3 Å². The molecule has 0 bridgehead atoms. The van der Waals surface area contributed by atoms with Gasteiger partial charge in [-0.25, -0.2) is 22.9 Å². The molecule has 0 spiro atoms. The number of benzene rings is 3. The molecule has 0 aliphatic heterocycles. The van der Waals surface area contributed by atoms with Gasteiger partial charge in [0, 0.05) is 47.1 Å². The van der Waals surface area contributed by atoms with Crippen LogP contribution in [-0.2, 0) is 33.0 Å². The standard InChI is InChI=1S/C36H35F3N7O5S.2ClH/c1-22(34-43-31(18-52-34)25-10-8-24(15-40)9-11-25)36(49,28-14-26(37)12-13-30(28)39)19-46-21-45(20-42-46)23(2)51-35(48)44(4)32-7-5-6-29(38)27(32)17-50-33(47)16-41-3;;/h5-14,18,20-23,41,49H,16-17,19H2,1-4H3;2*1H/q+1;;/p-1. The van der Waals surface area contributed by atoms with Crippen LogP contribution in [0, 0.1) is 28.8 Å². The highest BCUT2D eigenvalue weighted by atomic mass is 35.5. The first-order valence-electron chi connectivity index (χ1n) is 15.9. The summed E-state index contributed by atoms with van der Waals surface area (Å²) in [6.45, 7) is 2.34. The number of aromatic nitrogens is 4. The number of hydrogen-bond donors (Lipinski definition) is 2. The van der Waals surface area contributed by atoms with E-state index in [4.69, 9.17) is 14.7 Å². The molecule has 2 heterocycles. The van der Waals surface area contributed by atoms with E-state index in [1.807, 2.05) is 0 Å². The second-order valence-electron chi connectivity index (χ2n) is 11.9. The monoisotopic (exact) mass is 805 g/mol. The maximum absolute atomic E-state index is 15.3. The molecule has 286 valence electrons. The number of nitrogens with one attached hydrogen (secondary N) is 1. The van der Waals surface area contributed by atoms with Gasteiger partial charge in [-0.15, -0.1) is 28.4 Å². The van der Waals surface area contributed by atoms with E-state index in [1.54, 1.807) is 50.5 Å². The average Bonchev–Trinajstić information content (AvgIpc) is 3.82. The van der Waals surface area contributed by atoms with Crippen molar-refractivity contribution in [1.29, 1.82) is 5.26 Å². The van der Waals surface area contributed by atoms with Gasteiger partial charge < -0.3 is 32.3 Å². The van der Waals surface area contributed by atoms with E-state index < -0.39 is 53.9 Å². The molecule has 5 aromatic rings. The van der Waals surface area contributed by atoms with Crippen molar-refractivity contribution >= 4 is 41.5 Å². The fourth-order valence-corrected chi connectivity index (χ4v) is 6.39. The number of hydrogen-bond acceptors (Lipinski definition) is 10. The minimum absolute atomic E-state index is 0. The van der Waals surface area contributed by atoms with Gasteiger partial charge in [0.15, 0.2) is 0 Å². The highest BCUT2D eigenvalue weighted by Crippen LogP contribution is 2.41. The first kappa shape index (κ1) is 43.4. The SMILES string of the molecule is CNCC(=O)OCc1c(F)cccc1N(C)C(=O)OC(C)[n+]1cnn(CC(O)(c2cc(F)ccc2F)C(C)c2nc(-c3ccc(C#N)cc3)cs2)c1.Cl.[Cl-]. The highest BCUT2D eigenvalue weighted by Gasteiger charge is 2.43. The second kappa shape index (κ2) is 18.8. The topological polar surface area (TPSA) is 146 Å². The van der Waals surface area contributed by atoms with Crippen molar-refractivity contribution in [2.45, 2.75) is 44.7 Å². The lowest BCUT2D eigenvalue weighted by Gasteiger charge is -2.32. The summed E-state index contributed by atoms with van der Waals surface area (Å²) in [5, 5.41) is 30.5. The van der Waals surface area contributed by atoms with Gasteiger partial charge in [0.05, 0.1) is 34.6 Å². The van der Waals surface area contributed by atoms with Crippen molar-refractivity contribution in [2.75, 3.05) is 25.5 Å². The Bertz CT molecular complexity index is 2110. The maximum Gasteiger partial charge on any atom is 0.416 e. The summed E-state index contributed by atoms with van der Waals surface area (Å²) in [6.07, 6.45) is 0.909. The van der Waals surface area contributed by atoms with E-state index in [9.17, 15) is 23.5 Å². The Morgan fingerprint density at radius 1 is 1.13 bits per heavy atom. The minimum atomic E-state index is -2.07. The van der Waals surface area contributed by atoms with Gasteiger partial charge >= 0.3 is 12.1 Å². The van der Waals surface area contributed by atoms with E-state index in [2.05, 4.69) is 21.5 Å². The van der Waals surface area contributed by atoms with E-state index in [0.29, 0.717) is 16.3 Å². The van der Waals surface area contributed by atoms with Crippen LogP contribution in [-0.4, -0.2) is 52.6 Å². The zero-order valence-corrected chi connectivity index (χ0v) is 31.8. The number of amides is 1. The van der Waals surface area contributed by atoms with Crippen LogP contribution in [0.15, 0.2) is 78.7 Å². The third-order valence-electron chi connectivity index (χ3n) is 8.44. The lowest BCUT2D eigenvalue weighted by Crippen LogP contribution is -3.00. The summed E-state index contributed by atoms with van der Waals surface area (Å²) in [6, 6.07) is 15.7. The van der Waals surface area contributed by atoms with Crippen molar-refractivity contribution in [2.24, 2.45) is 0 Å². The predicted octanol–water partition coefficient (Wildman–Crippen LogP) is 2.75. The fraction of sp³-hybridized carbons (Fsp3) is 0.278. The molecule has 0 saturated heterocycles. The molecule has 5 rings (SSSR count). The third kappa shape index (κ3) is 9.73. The number of anilines is 1. The lowest BCUT2D eigenvalue weighted by atomic mass is 9.82. The number of likely N-dealkylation sites (N-methyl/N-ethyl adjacent to an activating group) is 1. The summed E-state index contributed by atoms with van der Waals surface area (Å²) in [7, 11) is 2.93.